The van der Waals surface area contributed by atoms with Gasteiger partial charge >= 0.3 is 0 Å². The normalized spacial score (nSPS) is 20.7. The van der Waals surface area contributed by atoms with Crippen LogP contribution in [0.25, 0.3) is 0 Å². The summed E-state index contributed by atoms with van der Waals surface area (Å²) in [6, 6.07) is 6.67. The molecule has 0 N–H and O–H groups in total. The molecular formula is C19H26N2O. The third-order valence-corrected chi connectivity index (χ3v) is 5.21. The predicted octanol–water partition coefficient (Wildman–Crippen LogP) is 4.47. The Balaban J connectivity index is 2.16. The number of aromatic nitrogens is 1. The van der Waals surface area contributed by atoms with Crippen molar-refractivity contribution < 1.29 is 4.52 Å². The Labute approximate surface area is 133 Å². The van der Waals surface area contributed by atoms with Gasteiger partial charge in [0.1, 0.15) is 17.6 Å². The van der Waals surface area contributed by atoms with Gasteiger partial charge in [-0.15, -0.1) is 0 Å². The van der Waals surface area contributed by atoms with Crippen molar-refractivity contribution >= 4 is 5.69 Å². The van der Waals surface area contributed by atoms with Crippen molar-refractivity contribution in [2.24, 2.45) is 0 Å². The van der Waals surface area contributed by atoms with Gasteiger partial charge in [-0.1, -0.05) is 23.4 Å². The van der Waals surface area contributed by atoms with Crippen molar-refractivity contribution in [1.29, 1.82) is 0 Å². The number of rotatable bonds is 4. The third kappa shape index (κ3) is 2.23. The molecule has 3 rings (SSSR count). The van der Waals surface area contributed by atoms with Crippen molar-refractivity contribution in [1.82, 2.24) is 5.16 Å². The monoisotopic (exact) mass is 298 g/mol. The largest absolute Gasteiger partial charge is 0.368 e. The van der Waals surface area contributed by atoms with Gasteiger partial charge in [-0.25, -0.2) is 0 Å². The summed E-state index contributed by atoms with van der Waals surface area (Å²) < 4.78 is 5.41. The lowest BCUT2D eigenvalue weighted by atomic mass is 9.67. The van der Waals surface area contributed by atoms with Crippen molar-refractivity contribution in [2.45, 2.75) is 52.4 Å². The summed E-state index contributed by atoms with van der Waals surface area (Å²) in [6.07, 6.45) is 5.33. The van der Waals surface area contributed by atoms with E-state index >= 15 is 0 Å². The smallest absolute Gasteiger partial charge is 0.147 e. The summed E-state index contributed by atoms with van der Waals surface area (Å²) in [5.74, 6) is 0. The lowest BCUT2D eigenvalue weighted by Crippen LogP contribution is -2.33. The molecule has 0 fully saturated rings. The molecule has 1 aromatic carbocycles. The summed E-state index contributed by atoms with van der Waals surface area (Å²) in [5.41, 5.74) is 6.51. The molecule has 0 spiro atoms. The van der Waals surface area contributed by atoms with Crippen LogP contribution in [0.3, 0.4) is 0 Å². The van der Waals surface area contributed by atoms with Crippen LogP contribution in [0.1, 0.15) is 56.0 Å². The lowest BCUT2D eigenvalue weighted by Gasteiger charge is -2.37. The molecule has 3 nitrogen and oxygen atoms in total. The van der Waals surface area contributed by atoms with Gasteiger partial charge in [-0.2, -0.15) is 0 Å². The van der Waals surface area contributed by atoms with Gasteiger partial charge in [-0.3, -0.25) is 0 Å². The summed E-state index contributed by atoms with van der Waals surface area (Å²) in [7, 11) is 0. The molecule has 3 heteroatoms. The van der Waals surface area contributed by atoms with Crippen LogP contribution in [0.2, 0.25) is 0 Å². The lowest BCUT2D eigenvalue weighted by molar-refractivity contribution is 0.375. The van der Waals surface area contributed by atoms with E-state index in [1.165, 1.54) is 29.5 Å². The Morgan fingerprint density at radius 2 is 2.05 bits per heavy atom. The van der Waals surface area contributed by atoms with Gasteiger partial charge < -0.3 is 9.42 Å². The fourth-order valence-electron chi connectivity index (χ4n) is 4.12. The molecule has 2 aromatic rings. The number of anilines is 1. The zero-order valence-corrected chi connectivity index (χ0v) is 14.1. The molecule has 0 radical (unpaired) electrons. The van der Waals surface area contributed by atoms with Crippen molar-refractivity contribution in [3.63, 3.8) is 0 Å². The molecule has 118 valence electrons. The van der Waals surface area contributed by atoms with E-state index in [1.807, 2.05) is 6.26 Å². The first-order chi connectivity index (χ1) is 10.6. The van der Waals surface area contributed by atoms with E-state index < -0.39 is 0 Å². The van der Waals surface area contributed by atoms with Gasteiger partial charge in [-0.05, 0) is 63.6 Å². The molecule has 0 saturated carbocycles. The number of hydrogen-bond acceptors (Lipinski definition) is 3. The van der Waals surface area contributed by atoms with Gasteiger partial charge in [0, 0.05) is 18.5 Å². The number of aryl methyl sites for hydroxylation is 2. The standard InChI is InChI=1S/C19H26N2O/c1-5-21(6-2)16-13-22-20-18(16)19(4)12-8-11-15-10-7-9-14(3)17(15)19/h7,9-10,13H,5-6,8,11-12H2,1-4H3. The van der Waals surface area contributed by atoms with Crippen LogP contribution in [-0.4, -0.2) is 18.2 Å². The van der Waals surface area contributed by atoms with E-state index in [-0.39, 0.29) is 5.41 Å². The Kier molecular flexibility index (Phi) is 3.98. The molecule has 1 atom stereocenters. The molecule has 0 saturated heterocycles. The van der Waals surface area contributed by atoms with Crippen molar-refractivity contribution in [3.05, 3.63) is 46.8 Å². The molecule has 1 aliphatic carbocycles. The average molecular weight is 298 g/mol. The Morgan fingerprint density at radius 3 is 2.77 bits per heavy atom. The predicted molar refractivity (Wildman–Crippen MR) is 90.6 cm³/mol. The van der Waals surface area contributed by atoms with E-state index in [9.17, 15) is 0 Å². The summed E-state index contributed by atoms with van der Waals surface area (Å²) in [5, 5.41) is 4.45. The topological polar surface area (TPSA) is 29.3 Å². The SMILES string of the molecule is CCN(CC)c1conc1C1(C)CCCc2cccc(C)c21. The highest BCUT2D eigenvalue weighted by atomic mass is 16.5. The second-order valence-corrected chi connectivity index (χ2v) is 6.52. The second kappa shape index (κ2) is 5.79. The molecule has 1 unspecified atom stereocenters. The number of benzene rings is 1. The minimum absolute atomic E-state index is 0.0517. The Hall–Kier alpha value is -1.77. The van der Waals surface area contributed by atoms with Gasteiger partial charge in [0.05, 0.1) is 0 Å². The molecule has 1 aromatic heterocycles. The van der Waals surface area contributed by atoms with Crippen LogP contribution in [0, 0.1) is 6.92 Å². The van der Waals surface area contributed by atoms with Crippen LogP contribution in [-0.2, 0) is 11.8 Å². The average Bonchev–Trinajstić information content (AvgIpc) is 2.99. The van der Waals surface area contributed by atoms with E-state index in [0.717, 1.165) is 30.9 Å². The summed E-state index contributed by atoms with van der Waals surface area (Å²) in [6.45, 7) is 10.9. The first kappa shape index (κ1) is 15.1. The van der Waals surface area contributed by atoms with Crippen LogP contribution < -0.4 is 4.90 Å². The molecule has 0 aliphatic heterocycles. The highest BCUT2D eigenvalue weighted by Gasteiger charge is 2.39. The Morgan fingerprint density at radius 1 is 1.27 bits per heavy atom. The second-order valence-electron chi connectivity index (χ2n) is 6.52. The fourth-order valence-corrected chi connectivity index (χ4v) is 4.12. The van der Waals surface area contributed by atoms with Gasteiger partial charge in [0.25, 0.3) is 0 Å². The maximum absolute atomic E-state index is 5.41. The quantitative estimate of drug-likeness (QED) is 0.834. The molecule has 1 aliphatic rings. The van der Waals surface area contributed by atoms with Crippen molar-refractivity contribution in [2.75, 3.05) is 18.0 Å². The van der Waals surface area contributed by atoms with Crippen LogP contribution in [0.5, 0.6) is 0 Å². The summed E-state index contributed by atoms with van der Waals surface area (Å²) in [4.78, 5) is 2.34. The molecular weight excluding hydrogens is 272 g/mol. The fraction of sp³-hybridized carbons (Fsp3) is 0.526. The molecule has 22 heavy (non-hydrogen) atoms. The van der Waals surface area contributed by atoms with Crippen LogP contribution in [0.15, 0.2) is 29.0 Å². The zero-order chi connectivity index (χ0) is 15.7. The molecule has 0 bridgehead atoms. The minimum atomic E-state index is -0.0517. The van der Waals surface area contributed by atoms with Crippen molar-refractivity contribution in [3.8, 4) is 0 Å². The van der Waals surface area contributed by atoms with E-state index in [4.69, 9.17) is 4.52 Å². The number of hydrogen-bond donors (Lipinski definition) is 0. The minimum Gasteiger partial charge on any atom is -0.368 e. The molecule has 1 heterocycles. The highest BCUT2D eigenvalue weighted by Crippen LogP contribution is 2.46. The Bertz CT molecular complexity index is 657. The van der Waals surface area contributed by atoms with Crippen LogP contribution >= 0.6 is 0 Å². The summed E-state index contributed by atoms with van der Waals surface area (Å²) >= 11 is 0. The van der Waals surface area contributed by atoms with E-state index in [2.05, 4.69) is 56.0 Å². The first-order valence-electron chi connectivity index (χ1n) is 8.40. The third-order valence-electron chi connectivity index (χ3n) is 5.21. The van der Waals surface area contributed by atoms with E-state index in [0.29, 0.717) is 0 Å². The van der Waals surface area contributed by atoms with Gasteiger partial charge in [0.2, 0.25) is 0 Å². The number of fused-ring (bicyclic) bond motifs is 1. The van der Waals surface area contributed by atoms with Crippen LogP contribution in [0.4, 0.5) is 5.69 Å². The maximum Gasteiger partial charge on any atom is 0.147 e. The first-order valence-corrected chi connectivity index (χ1v) is 8.40. The highest BCUT2D eigenvalue weighted by molar-refractivity contribution is 5.57. The van der Waals surface area contributed by atoms with E-state index in [1.54, 1.807) is 0 Å². The molecule has 0 amide bonds. The maximum atomic E-state index is 5.41. The van der Waals surface area contributed by atoms with Gasteiger partial charge in [0.15, 0.2) is 0 Å². The number of nitrogens with zero attached hydrogens (tertiary/aromatic N) is 2. The zero-order valence-electron chi connectivity index (χ0n) is 14.1.